The average Bonchev–Trinajstić information content (AvgIpc) is 2.43. The van der Waals surface area contributed by atoms with Gasteiger partial charge in [0.15, 0.2) is 0 Å². The smallest absolute Gasteiger partial charge is 0.307 e. The Hall–Kier alpha value is -0.780. The quantitative estimate of drug-likeness (QED) is 0.798. The zero-order valence-electron chi connectivity index (χ0n) is 10.8. The molecule has 2 rings (SSSR count). The van der Waals surface area contributed by atoms with E-state index in [9.17, 15) is 4.79 Å². The molecule has 1 saturated heterocycles. The molecule has 0 saturated carbocycles. The third-order valence-corrected chi connectivity index (χ3v) is 4.64. The van der Waals surface area contributed by atoms with Crippen molar-refractivity contribution in [2.45, 2.75) is 19.0 Å². The highest BCUT2D eigenvalue weighted by Crippen LogP contribution is 2.23. The standard InChI is InChI=1S/C13H17ClN2O2S/c1-18-13(17)6-11-9-19-5-4-16(11)8-10-2-3-15-7-12(10)14/h2-3,7,11H,4-6,8-9H2,1H3. The van der Waals surface area contributed by atoms with Crippen LogP contribution in [0.25, 0.3) is 0 Å². The minimum Gasteiger partial charge on any atom is -0.469 e. The summed E-state index contributed by atoms with van der Waals surface area (Å²) < 4.78 is 4.76. The third kappa shape index (κ3) is 4.09. The van der Waals surface area contributed by atoms with Crippen LogP contribution < -0.4 is 0 Å². The first kappa shape index (κ1) is 14.6. The molecule has 0 spiro atoms. The van der Waals surface area contributed by atoms with E-state index in [4.69, 9.17) is 16.3 Å². The van der Waals surface area contributed by atoms with Crippen molar-refractivity contribution in [3.05, 3.63) is 29.0 Å². The molecule has 1 atom stereocenters. The molecule has 19 heavy (non-hydrogen) atoms. The predicted molar refractivity (Wildman–Crippen MR) is 77.4 cm³/mol. The SMILES string of the molecule is COC(=O)CC1CSCCN1Cc1ccncc1Cl. The fraction of sp³-hybridized carbons (Fsp3) is 0.538. The second kappa shape index (κ2) is 7.12. The van der Waals surface area contributed by atoms with E-state index in [1.807, 2.05) is 17.8 Å². The molecule has 0 aromatic carbocycles. The Morgan fingerprint density at radius 3 is 3.26 bits per heavy atom. The molecule has 1 aliphatic rings. The third-order valence-electron chi connectivity index (χ3n) is 3.21. The Labute approximate surface area is 122 Å². The Bertz CT molecular complexity index is 444. The molecule has 4 nitrogen and oxygen atoms in total. The highest BCUT2D eigenvalue weighted by Gasteiger charge is 2.25. The van der Waals surface area contributed by atoms with E-state index in [0.717, 1.165) is 30.2 Å². The zero-order chi connectivity index (χ0) is 13.7. The molecule has 0 amide bonds. The van der Waals surface area contributed by atoms with Crippen LogP contribution in [0.15, 0.2) is 18.5 Å². The van der Waals surface area contributed by atoms with Gasteiger partial charge in [-0.15, -0.1) is 0 Å². The molecule has 0 N–H and O–H groups in total. The number of methoxy groups -OCH3 is 1. The van der Waals surface area contributed by atoms with Gasteiger partial charge in [0, 0.05) is 43.0 Å². The minimum atomic E-state index is -0.154. The molecule has 6 heteroatoms. The van der Waals surface area contributed by atoms with Crippen LogP contribution in [0.3, 0.4) is 0 Å². The average molecular weight is 301 g/mol. The van der Waals surface area contributed by atoms with Gasteiger partial charge in [0.05, 0.1) is 18.6 Å². The van der Waals surface area contributed by atoms with E-state index in [2.05, 4.69) is 9.88 Å². The topological polar surface area (TPSA) is 42.4 Å². The molecule has 0 radical (unpaired) electrons. The molecule has 1 aliphatic heterocycles. The van der Waals surface area contributed by atoms with Gasteiger partial charge in [-0.05, 0) is 11.6 Å². The lowest BCUT2D eigenvalue weighted by atomic mass is 10.1. The molecule has 2 heterocycles. The van der Waals surface area contributed by atoms with Gasteiger partial charge in [-0.25, -0.2) is 0 Å². The summed E-state index contributed by atoms with van der Waals surface area (Å²) >= 11 is 8.02. The van der Waals surface area contributed by atoms with Crippen molar-refractivity contribution in [2.24, 2.45) is 0 Å². The Morgan fingerprint density at radius 2 is 2.53 bits per heavy atom. The van der Waals surface area contributed by atoms with Gasteiger partial charge in [0.2, 0.25) is 0 Å². The minimum absolute atomic E-state index is 0.154. The predicted octanol–water partition coefficient (Wildman–Crippen LogP) is 2.22. The number of carbonyl (C=O) groups is 1. The van der Waals surface area contributed by atoms with E-state index in [1.54, 1.807) is 12.4 Å². The van der Waals surface area contributed by atoms with Crippen molar-refractivity contribution in [2.75, 3.05) is 25.2 Å². The van der Waals surface area contributed by atoms with Gasteiger partial charge >= 0.3 is 5.97 Å². The molecule has 1 aromatic heterocycles. The Balaban J connectivity index is 2.03. The summed E-state index contributed by atoms with van der Waals surface area (Å²) in [5.74, 6) is 1.89. The summed E-state index contributed by atoms with van der Waals surface area (Å²) in [4.78, 5) is 17.7. The number of carbonyl (C=O) groups excluding carboxylic acids is 1. The largest absolute Gasteiger partial charge is 0.469 e. The molecular weight excluding hydrogens is 284 g/mol. The normalized spacial score (nSPS) is 20.2. The monoisotopic (exact) mass is 300 g/mol. The van der Waals surface area contributed by atoms with E-state index in [1.165, 1.54) is 7.11 Å². The number of esters is 1. The molecule has 104 valence electrons. The van der Waals surface area contributed by atoms with Crippen molar-refractivity contribution in [3.63, 3.8) is 0 Å². The summed E-state index contributed by atoms with van der Waals surface area (Å²) in [7, 11) is 1.43. The van der Waals surface area contributed by atoms with Crippen LogP contribution >= 0.6 is 23.4 Å². The summed E-state index contributed by atoms with van der Waals surface area (Å²) in [5.41, 5.74) is 1.05. The number of hydrogen-bond acceptors (Lipinski definition) is 5. The van der Waals surface area contributed by atoms with Crippen molar-refractivity contribution in [3.8, 4) is 0 Å². The first-order chi connectivity index (χ1) is 9.20. The fourth-order valence-corrected chi connectivity index (χ4v) is 3.42. The molecule has 1 unspecified atom stereocenters. The molecule has 1 fully saturated rings. The lowest BCUT2D eigenvalue weighted by molar-refractivity contribution is -0.141. The summed E-state index contributed by atoms with van der Waals surface area (Å²) in [6.45, 7) is 1.72. The summed E-state index contributed by atoms with van der Waals surface area (Å²) in [6.07, 6.45) is 3.84. The number of aromatic nitrogens is 1. The first-order valence-corrected chi connectivity index (χ1v) is 7.71. The second-order valence-corrected chi connectivity index (χ2v) is 6.00. The maximum absolute atomic E-state index is 11.5. The second-order valence-electron chi connectivity index (χ2n) is 4.45. The van der Waals surface area contributed by atoms with Crippen molar-refractivity contribution >= 4 is 29.3 Å². The number of thioether (sulfide) groups is 1. The van der Waals surface area contributed by atoms with Crippen LogP contribution in [0.2, 0.25) is 5.02 Å². The summed E-state index contributed by atoms with van der Waals surface area (Å²) in [5, 5.41) is 0.678. The number of pyridine rings is 1. The van der Waals surface area contributed by atoms with Crippen LogP contribution in [-0.4, -0.2) is 47.1 Å². The first-order valence-electron chi connectivity index (χ1n) is 6.17. The number of ether oxygens (including phenoxy) is 1. The van der Waals surface area contributed by atoms with E-state index in [0.29, 0.717) is 11.4 Å². The molecule has 0 aliphatic carbocycles. The van der Waals surface area contributed by atoms with Gasteiger partial charge in [0.1, 0.15) is 0 Å². The molecule has 1 aromatic rings. The zero-order valence-corrected chi connectivity index (χ0v) is 12.4. The number of halogens is 1. The highest BCUT2D eigenvalue weighted by atomic mass is 35.5. The fourth-order valence-electron chi connectivity index (χ4n) is 2.11. The number of rotatable bonds is 4. The summed E-state index contributed by atoms with van der Waals surface area (Å²) in [6, 6.07) is 2.15. The van der Waals surface area contributed by atoms with E-state index < -0.39 is 0 Å². The highest BCUT2D eigenvalue weighted by molar-refractivity contribution is 7.99. The van der Waals surface area contributed by atoms with Gasteiger partial charge in [-0.2, -0.15) is 11.8 Å². The lowest BCUT2D eigenvalue weighted by Crippen LogP contribution is -2.43. The maximum Gasteiger partial charge on any atom is 0.307 e. The maximum atomic E-state index is 11.5. The van der Waals surface area contributed by atoms with Gasteiger partial charge in [-0.1, -0.05) is 11.6 Å². The number of nitrogens with zero attached hydrogens (tertiary/aromatic N) is 2. The lowest BCUT2D eigenvalue weighted by Gasteiger charge is -2.34. The van der Waals surface area contributed by atoms with Crippen LogP contribution in [0.5, 0.6) is 0 Å². The Morgan fingerprint density at radius 1 is 1.68 bits per heavy atom. The van der Waals surface area contributed by atoms with Gasteiger partial charge in [0.25, 0.3) is 0 Å². The van der Waals surface area contributed by atoms with Crippen molar-refractivity contribution in [1.29, 1.82) is 0 Å². The Kier molecular flexibility index (Phi) is 5.48. The number of hydrogen-bond donors (Lipinski definition) is 0. The van der Waals surface area contributed by atoms with Crippen molar-refractivity contribution < 1.29 is 9.53 Å². The van der Waals surface area contributed by atoms with E-state index in [-0.39, 0.29) is 12.0 Å². The van der Waals surface area contributed by atoms with Crippen LogP contribution in [0.4, 0.5) is 0 Å². The van der Waals surface area contributed by atoms with Gasteiger partial charge < -0.3 is 4.74 Å². The van der Waals surface area contributed by atoms with Crippen LogP contribution in [-0.2, 0) is 16.1 Å². The van der Waals surface area contributed by atoms with E-state index >= 15 is 0 Å². The van der Waals surface area contributed by atoms with Crippen LogP contribution in [0, 0.1) is 0 Å². The molecule has 0 bridgehead atoms. The van der Waals surface area contributed by atoms with Crippen LogP contribution in [0.1, 0.15) is 12.0 Å². The van der Waals surface area contributed by atoms with Gasteiger partial charge in [-0.3, -0.25) is 14.7 Å². The van der Waals surface area contributed by atoms with Crippen molar-refractivity contribution in [1.82, 2.24) is 9.88 Å². The molecular formula is C13H17ClN2O2S.